The Morgan fingerprint density at radius 3 is 3.05 bits per heavy atom. The first-order chi connectivity index (χ1) is 9.22. The summed E-state index contributed by atoms with van der Waals surface area (Å²) in [6, 6.07) is 7.06. The van der Waals surface area contributed by atoms with Gasteiger partial charge in [-0.3, -0.25) is 4.79 Å². The summed E-state index contributed by atoms with van der Waals surface area (Å²) in [7, 11) is 1.55. The van der Waals surface area contributed by atoms with E-state index in [0.29, 0.717) is 17.2 Å². The molecule has 1 heterocycles. The lowest BCUT2D eigenvalue weighted by Crippen LogP contribution is -2.68. The summed E-state index contributed by atoms with van der Waals surface area (Å²) < 4.78 is 10.8. The molecule has 0 aromatic heterocycles. The van der Waals surface area contributed by atoms with Gasteiger partial charge in [0, 0.05) is 18.6 Å². The fourth-order valence-corrected chi connectivity index (χ4v) is 2.99. The molecule has 1 saturated carbocycles. The van der Waals surface area contributed by atoms with Crippen LogP contribution in [0, 0.1) is 5.92 Å². The van der Waals surface area contributed by atoms with Gasteiger partial charge in [0.05, 0.1) is 24.8 Å². The maximum atomic E-state index is 12.3. The third kappa shape index (κ3) is 1.99. The lowest BCUT2D eigenvalue weighted by molar-refractivity contribution is -0.0161. The van der Waals surface area contributed by atoms with Crippen molar-refractivity contribution in [3.05, 3.63) is 29.8 Å². The van der Waals surface area contributed by atoms with E-state index in [4.69, 9.17) is 15.2 Å². The Labute approximate surface area is 112 Å². The molecule has 102 valence electrons. The Kier molecular flexibility index (Phi) is 3.16. The quantitative estimate of drug-likeness (QED) is 0.834. The van der Waals surface area contributed by atoms with E-state index in [0.717, 1.165) is 13.0 Å². The highest BCUT2D eigenvalue weighted by Gasteiger charge is 2.52. The van der Waals surface area contributed by atoms with Gasteiger partial charge in [-0.05, 0) is 18.6 Å². The Balaban J connectivity index is 1.72. The standard InChI is InChI=1S/C14H18N2O3/c1-18-10-5-3-2-4-8(10)14(17)16-12-11(15)9-6-7-19-13(9)12/h2-5,9,11-13H,6-7,15H2,1H3,(H,16,17). The number of para-hydroxylation sites is 1. The van der Waals surface area contributed by atoms with E-state index in [1.165, 1.54) is 0 Å². The van der Waals surface area contributed by atoms with Crippen molar-refractivity contribution in [2.45, 2.75) is 24.6 Å². The molecule has 0 bridgehead atoms. The van der Waals surface area contributed by atoms with E-state index in [1.54, 1.807) is 19.2 Å². The number of rotatable bonds is 3. The molecule has 4 unspecified atom stereocenters. The fourth-order valence-electron chi connectivity index (χ4n) is 2.99. The molecular formula is C14H18N2O3. The van der Waals surface area contributed by atoms with Crippen LogP contribution in [-0.4, -0.2) is 37.8 Å². The molecule has 0 spiro atoms. The van der Waals surface area contributed by atoms with Crippen LogP contribution in [0.1, 0.15) is 16.8 Å². The highest BCUT2D eigenvalue weighted by molar-refractivity contribution is 5.97. The minimum Gasteiger partial charge on any atom is -0.496 e. The van der Waals surface area contributed by atoms with Gasteiger partial charge in [-0.1, -0.05) is 12.1 Å². The van der Waals surface area contributed by atoms with E-state index in [9.17, 15) is 4.79 Å². The van der Waals surface area contributed by atoms with Crippen LogP contribution >= 0.6 is 0 Å². The third-order valence-electron chi connectivity index (χ3n) is 4.10. The largest absolute Gasteiger partial charge is 0.496 e. The number of ether oxygens (including phenoxy) is 2. The van der Waals surface area contributed by atoms with Crippen molar-refractivity contribution in [2.24, 2.45) is 11.7 Å². The van der Waals surface area contributed by atoms with Gasteiger partial charge >= 0.3 is 0 Å². The molecule has 1 amide bonds. The summed E-state index contributed by atoms with van der Waals surface area (Å²) in [5, 5.41) is 2.96. The molecule has 2 aliphatic rings. The summed E-state index contributed by atoms with van der Waals surface area (Å²) >= 11 is 0. The summed E-state index contributed by atoms with van der Waals surface area (Å²) in [6.45, 7) is 0.740. The first kappa shape index (κ1) is 12.4. The highest BCUT2D eigenvalue weighted by Crippen LogP contribution is 2.38. The van der Waals surface area contributed by atoms with E-state index in [1.807, 2.05) is 12.1 Å². The number of fused-ring (bicyclic) bond motifs is 1. The molecule has 5 nitrogen and oxygen atoms in total. The van der Waals surface area contributed by atoms with Crippen LogP contribution in [0.3, 0.4) is 0 Å². The minimum absolute atomic E-state index is 0.00819. The molecule has 19 heavy (non-hydrogen) atoms. The second-order valence-corrected chi connectivity index (χ2v) is 5.06. The average molecular weight is 262 g/mol. The Morgan fingerprint density at radius 1 is 1.47 bits per heavy atom. The molecule has 1 aliphatic carbocycles. The van der Waals surface area contributed by atoms with Crippen LogP contribution in [0.2, 0.25) is 0 Å². The number of carbonyl (C=O) groups excluding carboxylic acids is 1. The van der Waals surface area contributed by atoms with Gasteiger partial charge in [-0.2, -0.15) is 0 Å². The SMILES string of the molecule is COc1ccccc1C(=O)NC1C(N)C2CCOC21. The van der Waals surface area contributed by atoms with Crippen molar-refractivity contribution >= 4 is 5.91 Å². The molecular weight excluding hydrogens is 244 g/mol. The van der Waals surface area contributed by atoms with Crippen molar-refractivity contribution in [1.82, 2.24) is 5.32 Å². The second-order valence-electron chi connectivity index (χ2n) is 5.06. The molecule has 1 saturated heterocycles. The van der Waals surface area contributed by atoms with Crippen molar-refractivity contribution in [2.75, 3.05) is 13.7 Å². The predicted molar refractivity (Wildman–Crippen MR) is 70.1 cm³/mol. The summed E-state index contributed by atoms with van der Waals surface area (Å²) in [4.78, 5) is 12.3. The molecule has 2 fully saturated rings. The van der Waals surface area contributed by atoms with Crippen LogP contribution in [0.25, 0.3) is 0 Å². The molecule has 1 aromatic carbocycles. The summed E-state index contributed by atoms with van der Waals surface area (Å²) in [6.07, 6.45) is 1.07. The Bertz CT molecular complexity index is 491. The zero-order valence-electron chi connectivity index (χ0n) is 10.8. The normalized spacial score (nSPS) is 32.3. The van der Waals surface area contributed by atoms with Gasteiger partial charge in [0.1, 0.15) is 5.75 Å². The first-order valence-electron chi connectivity index (χ1n) is 6.53. The molecule has 3 rings (SSSR count). The number of carbonyl (C=O) groups is 1. The van der Waals surface area contributed by atoms with Gasteiger partial charge in [0.2, 0.25) is 0 Å². The summed E-state index contributed by atoms with van der Waals surface area (Å²) in [5.41, 5.74) is 6.61. The zero-order valence-corrected chi connectivity index (χ0v) is 10.8. The molecule has 5 heteroatoms. The predicted octanol–water partition coefficient (Wildman–Crippen LogP) is 0.540. The number of amides is 1. The molecule has 3 N–H and O–H groups in total. The van der Waals surface area contributed by atoms with Crippen LogP contribution in [-0.2, 0) is 4.74 Å². The number of hydrogen-bond acceptors (Lipinski definition) is 4. The van der Waals surface area contributed by atoms with Crippen LogP contribution < -0.4 is 15.8 Å². The maximum absolute atomic E-state index is 12.3. The zero-order chi connectivity index (χ0) is 13.4. The smallest absolute Gasteiger partial charge is 0.255 e. The van der Waals surface area contributed by atoms with Crippen molar-refractivity contribution < 1.29 is 14.3 Å². The van der Waals surface area contributed by atoms with Gasteiger partial charge in [0.25, 0.3) is 5.91 Å². The fraction of sp³-hybridized carbons (Fsp3) is 0.500. The third-order valence-corrected chi connectivity index (χ3v) is 4.10. The number of methoxy groups -OCH3 is 1. The Morgan fingerprint density at radius 2 is 2.26 bits per heavy atom. The van der Waals surface area contributed by atoms with Gasteiger partial charge in [-0.25, -0.2) is 0 Å². The number of hydrogen-bond donors (Lipinski definition) is 2. The van der Waals surface area contributed by atoms with Gasteiger partial charge in [0.15, 0.2) is 0 Å². The lowest BCUT2D eigenvalue weighted by Gasteiger charge is -2.45. The average Bonchev–Trinajstić information content (AvgIpc) is 2.89. The van der Waals surface area contributed by atoms with Crippen molar-refractivity contribution in [1.29, 1.82) is 0 Å². The van der Waals surface area contributed by atoms with E-state index in [2.05, 4.69) is 5.32 Å². The molecule has 4 atom stereocenters. The van der Waals surface area contributed by atoms with Gasteiger partial charge in [-0.15, -0.1) is 0 Å². The van der Waals surface area contributed by atoms with Gasteiger partial charge < -0.3 is 20.5 Å². The van der Waals surface area contributed by atoms with Crippen molar-refractivity contribution in [3.8, 4) is 5.75 Å². The molecule has 1 aliphatic heterocycles. The van der Waals surface area contributed by atoms with E-state index < -0.39 is 0 Å². The summed E-state index contributed by atoms with van der Waals surface area (Å²) in [5.74, 6) is 0.798. The lowest BCUT2D eigenvalue weighted by atomic mass is 9.72. The topological polar surface area (TPSA) is 73.6 Å². The number of nitrogens with two attached hydrogens (primary N) is 1. The van der Waals surface area contributed by atoms with Crippen LogP contribution in [0.4, 0.5) is 0 Å². The maximum Gasteiger partial charge on any atom is 0.255 e. The van der Waals surface area contributed by atoms with Crippen LogP contribution in [0.15, 0.2) is 24.3 Å². The molecule has 0 radical (unpaired) electrons. The van der Waals surface area contributed by atoms with Crippen LogP contribution in [0.5, 0.6) is 5.75 Å². The minimum atomic E-state index is -0.160. The van der Waals surface area contributed by atoms with E-state index >= 15 is 0 Å². The monoisotopic (exact) mass is 262 g/mol. The molecule has 1 aromatic rings. The Hall–Kier alpha value is -1.59. The highest BCUT2D eigenvalue weighted by atomic mass is 16.5. The van der Waals surface area contributed by atoms with E-state index in [-0.39, 0.29) is 24.1 Å². The van der Waals surface area contributed by atoms with Crippen molar-refractivity contribution in [3.63, 3.8) is 0 Å². The number of benzene rings is 1. The second kappa shape index (κ2) is 4.83. The number of nitrogens with one attached hydrogen (secondary N) is 1. The first-order valence-corrected chi connectivity index (χ1v) is 6.53.